The van der Waals surface area contributed by atoms with Gasteiger partial charge in [-0.05, 0) is 43.2 Å². The molecule has 0 fully saturated rings. The van der Waals surface area contributed by atoms with Gasteiger partial charge < -0.3 is 4.90 Å². The number of nitrogens with zero attached hydrogens (tertiary/aromatic N) is 5. The van der Waals surface area contributed by atoms with Gasteiger partial charge in [-0.15, -0.1) is 5.10 Å². The molecule has 7 nitrogen and oxygen atoms in total. The Morgan fingerprint density at radius 2 is 1.92 bits per heavy atom. The maximum atomic E-state index is 12.9. The zero-order chi connectivity index (χ0) is 18.5. The van der Waals surface area contributed by atoms with E-state index in [1.807, 2.05) is 26.0 Å². The van der Waals surface area contributed by atoms with Crippen molar-refractivity contribution in [1.29, 1.82) is 0 Å². The maximum absolute atomic E-state index is 12.9. The van der Waals surface area contributed by atoms with Gasteiger partial charge in [-0.3, -0.25) is 14.6 Å². The van der Waals surface area contributed by atoms with Crippen LogP contribution in [0.2, 0.25) is 0 Å². The number of carbonyl (C=O) groups excluding carboxylic acids is 1. The zero-order valence-corrected chi connectivity index (χ0v) is 14.9. The third-order valence-electron chi connectivity index (χ3n) is 4.46. The lowest BCUT2D eigenvalue weighted by molar-refractivity contribution is -0.135. The number of fused-ring (bicyclic) bond motifs is 1. The Bertz CT molecular complexity index is 955. The third-order valence-corrected chi connectivity index (χ3v) is 4.46. The van der Waals surface area contributed by atoms with Crippen LogP contribution in [0.15, 0.2) is 53.6 Å². The molecule has 0 aliphatic carbocycles. The molecule has 2 heterocycles. The van der Waals surface area contributed by atoms with E-state index >= 15 is 0 Å². The predicted octanol–water partition coefficient (Wildman–Crippen LogP) is 2.01. The van der Waals surface area contributed by atoms with E-state index in [4.69, 9.17) is 0 Å². The lowest BCUT2D eigenvalue weighted by Gasteiger charge is -2.28. The van der Waals surface area contributed by atoms with Gasteiger partial charge in [-0.2, -0.15) is 0 Å². The van der Waals surface area contributed by atoms with Crippen molar-refractivity contribution in [3.05, 3.63) is 64.7 Å². The Labute approximate surface area is 151 Å². The predicted molar refractivity (Wildman–Crippen MR) is 98.3 cm³/mol. The van der Waals surface area contributed by atoms with E-state index in [0.717, 1.165) is 16.7 Å². The van der Waals surface area contributed by atoms with Crippen molar-refractivity contribution >= 4 is 16.8 Å². The van der Waals surface area contributed by atoms with Crippen LogP contribution in [-0.2, 0) is 17.9 Å². The first-order valence-corrected chi connectivity index (χ1v) is 8.61. The fourth-order valence-corrected chi connectivity index (χ4v) is 2.74. The fourth-order valence-electron chi connectivity index (χ4n) is 2.74. The van der Waals surface area contributed by atoms with E-state index < -0.39 is 0 Å². The second-order valence-electron chi connectivity index (χ2n) is 6.20. The highest BCUT2D eigenvalue weighted by atomic mass is 16.2. The van der Waals surface area contributed by atoms with Crippen molar-refractivity contribution < 1.29 is 4.79 Å². The fraction of sp³-hybridized carbons (Fsp3) is 0.316. The minimum Gasteiger partial charge on any atom is -0.334 e. The van der Waals surface area contributed by atoms with Crippen LogP contribution < -0.4 is 5.56 Å². The molecule has 134 valence electrons. The number of amides is 1. The molecule has 1 amide bonds. The number of aromatic nitrogens is 4. The van der Waals surface area contributed by atoms with Gasteiger partial charge in [0.1, 0.15) is 12.1 Å². The van der Waals surface area contributed by atoms with Gasteiger partial charge in [0.2, 0.25) is 5.91 Å². The van der Waals surface area contributed by atoms with Crippen LogP contribution >= 0.6 is 0 Å². The minimum absolute atomic E-state index is 0.0415. The molecule has 7 heteroatoms. The van der Waals surface area contributed by atoms with Crippen molar-refractivity contribution in [2.75, 3.05) is 0 Å². The number of pyridine rings is 1. The lowest BCUT2D eigenvalue weighted by Crippen LogP contribution is -2.42. The Hall–Kier alpha value is -3.09. The molecule has 0 N–H and O–H groups in total. The van der Waals surface area contributed by atoms with E-state index in [9.17, 15) is 9.59 Å². The normalized spacial score (nSPS) is 12.1. The average Bonchev–Trinajstić information content (AvgIpc) is 2.68. The average molecular weight is 351 g/mol. The molecular weight excluding hydrogens is 330 g/mol. The largest absolute Gasteiger partial charge is 0.334 e. The molecule has 3 rings (SSSR count). The summed E-state index contributed by atoms with van der Waals surface area (Å²) in [6.45, 7) is 4.35. The monoisotopic (exact) mass is 351 g/mol. The summed E-state index contributed by atoms with van der Waals surface area (Å²) in [5.41, 5.74) is 1.21. The molecule has 0 bridgehead atoms. The van der Waals surface area contributed by atoms with Crippen molar-refractivity contribution in [3.63, 3.8) is 0 Å². The standard InChI is InChI=1S/C19H21N5O2/c1-3-14(2)23(12-15-8-10-20-11-9-15)18(25)13-24-19(26)16-6-4-5-7-17(16)21-22-24/h4-11,14H,3,12-13H2,1-2H3/t14-/m0/s1. The second kappa shape index (κ2) is 7.86. The highest BCUT2D eigenvalue weighted by Gasteiger charge is 2.21. The Morgan fingerprint density at radius 1 is 1.19 bits per heavy atom. The number of benzene rings is 1. The number of rotatable bonds is 6. The molecule has 0 spiro atoms. The number of hydrogen-bond acceptors (Lipinski definition) is 5. The Balaban J connectivity index is 1.86. The van der Waals surface area contributed by atoms with Gasteiger partial charge in [0.25, 0.3) is 5.56 Å². The van der Waals surface area contributed by atoms with Crippen LogP contribution in [-0.4, -0.2) is 36.8 Å². The van der Waals surface area contributed by atoms with Gasteiger partial charge in [-0.25, -0.2) is 4.68 Å². The highest BCUT2D eigenvalue weighted by Crippen LogP contribution is 2.11. The summed E-state index contributed by atoms with van der Waals surface area (Å²) in [6, 6.07) is 10.8. The van der Waals surface area contributed by atoms with E-state index in [2.05, 4.69) is 15.3 Å². The Morgan fingerprint density at radius 3 is 2.65 bits per heavy atom. The van der Waals surface area contributed by atoms with Crippen LogP contribution in [0.25, 0.3) is 10.9 Å². The second-order valence-corrected chi connectivity index (χ2v) is 6.20. The van der Waals surface area contributed by atoms with Gasteiger partial charge in [0.05, 0.1) is 5.39 Å². The maximum Gasteiger partial charge on any atom is 0.278 e. The molecule has 26 heavy (non-hydrogen) atoms. The van der Waals surface area contributed by atoms with Crippen LogP contribution in [0.3, 0.4) is 0 Å². The summed E-state index contributed by atoms with van der Waals surface area (Å²) in [4.78, 5) is 31.2. The number of carbonyl (C=O) groups is 1. The summed E-state index contributed by atoms with van der Waals surface area (Å²) >= 11 is 0. The first-order valence-electron chi connectivity index (χ1n) is 8.61. The smallest absolute Gasteiger partial charge is 0.278 e. The third kappa shape index (κ3) is 3.77. The molecule has 0 saturated heterocycles. The van der Waals surface area contributed by atoms with E-state index in [1.54, 1.807) is 41.6 Å². The van der Waals surface area contributed by atoms with Gasteiger partial charge in [-0.1, -0.05) is 24.3 Å². The summed E-state index contributed by atoms with van der Waals surface area (Å²) < 4.78 is 1.13. The molecule has 0 unspecified atom stereocenters. The molecule has 3 aromatic rings. The van der Waals surface area contributed by atoms with Crippen molar-refractivity contribution in [1.82, 2.24) is 24.9 Å². The van der Waals surface area contributed by atoms with Crippen LogP contribution in [0.4, 0.5) is 0 Å². The SMILES string of the molecule is CC[C@H](C)N(Cc1ccncc1)C(=O)Cn1nnc2ccccc2c1=O. The molecule has 0 aliphatic rings. The summed E-state index contributed by atoms with van der Waals surface area (Å²) in [6.07, 6.45) is 4.22. The zero-order valence-electron chi connectivity index (χ0n) is 14.9. The first kappa shape index (κ1) is 17.7. The minimum atomic E-state index is -0.308. The van der Waals surface area contributed by atoms with E-state index in [0.29, 0.717) is 17.4 Å². The first-order chi connectivity index (χ1) is 12.6. The van der Waals surface area contributed by atoms with Crippen LogP contribution in [0, 0.1) is 0 Å². The quantitative estimate of drug-likeness (QED) is 0.679. The molecular formula is C19H21N5O2. The molecule has 0 saturated carbocycles. The topological polar surface area (TPSA) is 81.0 Å². The summed E-state index contributed by atoms with van der Waals surface area (Å²) in [5.74, 6) is -0.164. The molecule has 0 aliphatic heterocycles. The van der Waals surface area contributed by atoms with E-state index in [-0.39, 0.29) is 24.1 Å². The van der Waals surface area contributed by atoms with Crippen LogP contribution in [0.5, 0.6) is 0 Å². The van der Waals surface area contributed by atoms with Gasteiger partial charge in [0.15, 0.2) is 0 Å². The molecule has 2 aromatic heterocycles. The van der Waals surface area contributed by atoms with Crippen molar-refractivity contribution in [2.24, 2.45) is 0 Å². The van der Waals surface area contributed by atoms with E-state index in [1.165, 1.54) is 0 Å². The summed E-state index contributed by atoms with van der Waals surface area (Å²) in [7, 11) is 0. The number of hydrogen-bond donors (Lipinski definition) is 0. The summed E-state index contributed by atoms with van der Waals surface area (Å²) in [5, 5.41) is 8.41. The van der Waals surface area contributed by atoms with Crippen LogP contribution in [0.1, 0.15) is 25.8 Å². The Kier molecular flexibility index (Phi) is 5.36. The van der Waals surface area contributed by atoms with Crippen molar-refractivity contribution in [3.8, 4) is 0 Å². The lowest BCUT2D eigenvalue weighted by atomic mass is 10.1. The van der Waals surface area contributed by atoms with Gasteiger partial charge >= 0.3 is 0 Å². The molecule has 0 radical (unpaired) electrons. The highest BCUT2D eigenvalue weighted by molar-refractivity contribution is 5.78. The van der Waals surface area contributed by atoms with Crippen molar-refractivity contribution in [2.45, 2.75) is 39.4 Å². The molecule has 1 aromatic carbocycles. The van der Waals surface area contributed by atoms with Gasteiger partial charge in [0, 0.05) is 25.0 Å². The molecule has 1 atom stereocenters.